The molecule has 2 nitrogen and oxygen atoms in total. The lowest BCUT2D eigenvalue weighted by Gasteiger charge is -2.37. The third kappa shape index (κ3) is 1.70. The lowest BCUT2D eigenvalue weighted by atomic mass is 9.75. The van der Waals surface area contributed by atoms with E-state index in [2.05, 4.69) is 5.32 Å². The Morgan fingerprint density at radius 1 is 1.17 bits per heavy atom. The molecule has 68 valence electrons. The first-order valence-corrected chi connectivity index (χ1v) is 5.84. The number of nitrogens with one attached hydrogen (secondary N) is 1. The number of hydrogen-bond acceptors (Lipinski definition) is 2. The Labute approximate surface area is 75.3 Å². The molecule has 3 unspecified atom stereocenters. The fourth-order valence-corrected chi connectivity index (χ4v) is 3.14. The van der Waals surface area contributed by atoms with Crippen molar-refractivity contribution in [3.8, 4) is 0 Å². The van der Waals surface area contributed by atoms with Crippen molar-refractivity contribution in [3.05, 3.63) is 0 Å². The van der Waals surface area contributed by atoms with Crippen LogP contribution in [0.1, 0.15) is 32.1 Å². The van der Waals surface area contributed by atoms with E-state index >= 15 is 0 Å². The van der Waals surface area contributed by atoms with Gasteiger partial charge in [-0.25, -0.2) is 0 Å². The van der Waals surface area contributed by atoms with Gasteiger partial charge in [0, 0.05) is 0 Å². The molecule has 1 N–H and O–H groups in total. The van der Waals surface area contributed by atoms with Crippen LogP contribution in [0.5, 0.6) is 0 Å². The Kier molecular flexibility index (Phi) is 2.77. The second-order valence-corrected chi connectivity index (χ2v) is 4.90. The van der Waals surface area contributed by atoms with Crippen LogP contribution in [0.4, 0.5) is 0 Å². The van der Waals surface area contributed by atoms with Crippen LogP contribution in [-0.4, -0.2) is 12.3 Å². The first-order chi connectivity index (χ1) is 5.90. The Morgan fingerprint density at radius 2 is 1.92 bits per heavy atom. The van der Waals surface area contributed by atoms with Gasteiger partial charge < -0.3 is 5.32 Å². The highest BCUT2D eigenvalue weighted by Gasteiger charge is 2.31. The summed E-state index contributed by atoms with van der Waals surface area (Å²) in [6.45, 7) is 1.10. The molecule has 12 heavy (non-hydrogen) atoms. The fraction of sp³-hybridized carbons (Fsp3) is 1.00. The van der Waals surface area contributed by atoms with Crippen LogP contribution in [-0.2, 0) is 4.57 Å². The fourth-order valence-electron chi connectivity index (χ4n) is 2.60. The van der Waals surface area contributed by atoms with Crippen LogP contribution in [0.3, 0.4) is 0 Å². The monoisotopic (exact) mass is 185 g/mol. The summed E-state index contributed by atoms with van der Waals surface area (Å²) in [5.74, 6) is 2.01. The quantitative estimate of drug-likeness (QED) is 0.635. The van der Waals surface area contributed by atoms with E-state index in [1.807, 2.05) is 0 Å². The van der Waals surface area contributed by atoms with Crippen molar-refractivity contribution in [2.24, 2.45) is 11.8 Å². The number of rotatable bonds is 1. The minimum atomic E-state index is 0.254. The molecule has 0 spiro atoms. The molecule has 1 aliphatic heterocycles. The SMILES string of the molecule is O=PC1CC2CCCCC2CN1. The van der Waals surface area contributed by atoms with E-state index in [-0.39, 0.29) is 5.78 Å². The van der Waals surface area contributed by atoms with Gasteiger partial charge in [-0.15, -0.1) is 0 Å². The van der Waals surface area contributed by atoms with E-state index in [4.69, 9.17) is 0 Å². The molecule has 2 fully saturated rings. The summed E-state index contributed by atoms with van der Waals surface area (Å²) in [5.41, 5.74) is 0. The zero-order valence-corrected chi connectivity index (χ0v) is 8.22. The van der Waals surface area contributed by atoms with E-state index in [0.717, 1.165) is 24.8 Å². The van der Waals surface area contributed by atoms with Crippen molar-refractivity contribution >= 4 is 8.46 Å². The summed E-state index contributed by atoms with van der Waals surface area (Å²) in [6, 6.07) is 0. The molecule has 1 heterocycles. The van der Waals surface area contributed by atoms with Crippen molar-refractivity contribution in [1.82, 2.24) is 5.32 Å². The molecule has 0 radical (unpaired) electrons. The predicted molar refractivity (Wildman–Crippen MR) is 49.5 cm³/mol. The normalized spacial score (nSPS) is 42.5. The molecule has 1 aliphatic carbocycles. The second kappa shape index (κ2) is 3.85. The van der Waals surface area contributed by atoms with Crippen molar-refractivity contribution in [2.75, 3.05) is 6.54 Å². The highest BCUT2D eigenvalue weighted by atomic mass is 31.1. The zero-order valence-electron chi connectivity index (χ0n) is 7.33. The number of piperidine rings is 1. The van der Waals surface area contributed by atoms with E-state index in [1.54, 1.807) is 0 Å². The van der Waals surface area contributed by atoms with E-state index in [0.29, 0.717) is 8.46 Å². The maximum Gasteiger partial charge on any atom is 0.174 e. The van der Waals surface area contributed by atoms with Gasteiger partial charge in [-0.3, -0.25) is 4.57 Å². The van der Waals surface area contributed by atoms with Crippen molar-refractivity contribution in [3.63, 3.8) is 0 Å². The first kappa shape index (κ1) is 8.65. The van der Waals surface area contributed by atoms with E-state index in [1.165, 1.54) is 25.7 Å². The van der Waals surface area contributed by atoms with Crippen LogP contribution in [0.15, 0.2) is 0 Å². The minimum absolute atomic E-state index is 0.254. The van der Waals surface area contributed by atoms with E-state index < -0.39 is 0 Å². The first-order valence-electron chi connectivity index (χ1n) is 4.96. The van der Waals surface area contributed by atoms with Crippen LogP contribution in [0, 0.1) is 11.8 Å². The predicted octanol–water partition coefficient (Wildman–Crippen LogP) is 2.40. The second-order valence-electron chi connectivity index (χ2n) is 4.07. The lowest BCUT2D eigenvalue weighted by molar-refractivity contribution is 0.176. The van der Waals surface area contributed by atoms with Gasteiger partial charge in [0.15, 0.2) is 8.46 Å². The Bertz CT molecular complexity index is 174. The average Bonchev–Trinajstić information content (AvgIpc) is 2.17. The molecule has 2 aliphatic rings. The minimum Gasteiger partial charge on any atom is -0.304 e. The molecule has 0 bridgehead atoms. The lowest BCUT2D eigenvalue weighted by Crippen LogP contribution is -2.42. The van der Waals surface area contributed by atoms with Gasteiger partial charge in [0.2, 0.25) is 0 Å². The third-order valence-corrected chi connectivity index (χ3v) is 3.98. The molecule has 1 saturated carbocycles. The summed E-state index contributed by atoms with van der Waals surface area (Å²) in [7, 11) is 0.295. The Balaban J connectivity index is 1.93. The largest absolute Gasteiger partial charge is 0.304 e. The highest BCUT2D eigenvalue weighted by Crippen LogP contribution is 2.37. The van der Waals surface area contributed by atoms with Crippen molar-refractivity contribution in [2.45, 2.75) is 37.9 Å². The van der Waals surface area contributed by atoms with Gasteiger partial charge in [-0.2, -0.15) is 0 Å². The summed E-state index contributed by atoms with van der Waals surface area (Å²) in [6.07, 6.45) is 6.69. The molecule has 0 aromatic rings. The van der Waals surface area contributed by atoms with Crippen LogP contribution in [0.25, 0.3) is 0 Å². The molecule has 3 heteroatoms. The summed E-state index contributed by atoms with van der Waals surface area (Å²) < 4.78 is 10.7. The van der Waals surface area contributed by atoms with Gasteiger partial charge in [-0.1, -0.05) is 19.3 Å². The molecule has 0 aromatic carbocycles. The number of fused-ring (bicyclic) bond motifs is 1. The zero-order chi connectivity index (χ0) is 8.39. The molecular weight excluding hydrogens is 169 g/mol. The maximum atomic E-state index is 10.7. The molecule has 0 amide bonds. The van der Waals surface area contributed by atoms with Crippen molar-refractivity contribution < 1.29 is 4.57 Å². The third-order valence-electron chi connectivity index (χ3n) is 3.34. The maximum absolute atomic E-state index is 10.7. The molecule has 1 saturated heterocycles. The highest BCUT2D eigenvalue weighted by molar-refractivity contribution is 7.24. The molecule has 2 rings (SSSR count). The number of hydrogen-bond donors (Lipinski definition) is 1. The summed E-state index contributed by atoms with van der Waals surface area (Å²) >= 11 is 0. The van der Waals surface area contributed by atoms with Crippen LogP contribution >= 0.6 is 8.46 Å². The molecular formula is C9H16NOP. The molecule has 0 aromatic heterocycles. The van der Waals surface area contributed by atoms with Gasteiger partial charge in [0.05, 0.1) is 5.78 Å². The standard InChI is InChI=1S/C9H16NOP/c11-12-9-5-7-3-1-2-4-8(7)6-10-9/h7-10H,1-6H2. The van der Waals surface area contributed by atoms with Gasteiger partial charge in [0.1, 0.15) is 0 Å². The summed E-state index contributed by atoms with van der Waals surface area (Å²) in [5, 5.41) is 3.34. The summed E-state index contributed by atoms with van der Waals surface area (Å²) in [4.78, 5) is 0. The van der Waals surface area contributed by atoms with Crippen LogP contribution < -0.4 is 5.32 Å². The Morgan fingerprint density at radius 3 is 2.67 bits per heavy atom. The smallest absolute Gasteiger partial charge is 0.174 e. The Hall–Kier alpha value is 0.0600. The van der Waals surface area contributed by atoms with E-state index in [9.17, 15) is 4.57 Å². The van der Waals surface area contributed by atoms with Crippen molar-refractivity contribution in [1.29, 1.82) is 0 Å². The average molecular weight is 185 g/mol. The van der Waals surface area contributed by atoms with Gasteiger partial charge in [0.25, 0.3) is 0 Å². The van der Waals surface area contributed by atoms with Gasteiger partial charge in [-0.05, 0) is 31.2 Å². The van der Waals surface area contributed by atoms with Gasteiger partial charge >= 0.3 is 0 Å². The topological polar surface area (TPSA) is 29.1 Å². The molecule has 3 atom stereocenters. The van der Waals surface area contributed by atoms with Crippen LogP contribution in [0.2, 0.25) is 0 Å².